The van der Waals surface area contributed by atoms with Gasteiger partial charge in [0.2, 0.25) is 5.88 Å². The number of thiol groups is 1. The zero-order valence-electron chi connectivity index (χ0n) is 18.2. The van der Waals surface area contributed by atoms with Gasteiger partial charge < -0.3 is 25.8 Å². The summed E-state index contributed by atoms with van der Waals surface area (Å²) in [4.78, 5) is 29.0. The Morgan fingerprint density at radius 2 is 1.97 bits per heavy atom. The van der Waals surface area contributed by atoms with E-state index in [9.17, 15) is 9.59 Å². The Hall–Kier alpha value is -2.43. The number of nitrogens with one attached hydrogen (secondary N) is 2. The van der Waals surface area contributed by atoms with Crippen LogP contribution in [-0.4, -0.2) is 67.0 Å². The van der Waals surface area contributed by atoms with Crippen LogP contribution in [0.3, 0.4) is 0 Å². The number of rotatable bonds is 13. The van der Waals surface area contributed by atoms with Crippen molar-refractivity contribution >= 4 is 42.0 Å². The molecule has 4 N–H and O–H groups in total. The number of nitrogens with two attached hydrogens (primary N) is 1. The molecule has 174 valence electrons. The predicted molar refractivity (Wildman–Crippen MR) is 132 cm³/mol. The van der Waals surface area contributed by atoms with E-state index in [4.69, 9.17) is 15.2 Å². The van der Waals surface area contributed by atoms with Crippen LogP contribution in [-0.2, 0) is 14.3 Å². The summed E-state index contributed by atoms with van der Waals surface area (Å²) in [6, 6.07) is 12.5. The van der Waals surface area contributed by atoms with Gasteiger partial charge in [-0.3, -0.25) is 4.79 Å². The van der Waals surface area contributed by atoms with Gasteiger partial charge in [-0.25, -0.2) is 9.78 Å². The molecule has 1 heterocycles. The van der Waals surface area contributed by atoms with Crippen molar-refractivity contribution in [3.05, 3.63) is 42.5 Å². The average molecular weight is 479 g/mol. The zero-order chi connectivity index (χ0) is 23.3. The minimum absolute atomic E-state index is 0.152. The van der Waals surface area contributed by atoms with E-state index in [1.165, 1.54) is 7.11 Å². The number of carbonyl (C=O) groups is 2. The Morgan fingerprint density at radius 1 is 1.22 bits per heavy atom. The topological polar surface area (TPSA) is 116 Å². The number of pyridine rings is 1. The molecule has 0 aliphatic carbocycles. The molecule has 8 nitrogen and oxygen atoms in total. The minimum atomic E-state index is -0.724. The lowest BCUT2D eigenvalue weighted by molar-refractivity contribution is -0.145. The number of aromatic nitrogens is 1. The van der Waals surface area contributed by atoms with Crippen molar-refractivity contribution in [3.8, 4) is 17.1 Å². The van der Waals surface area contributed by atoms with Crippen LogP contribution >= 0.6 is 24.4 Å². The van der Waals surface area contributed by atoms with Gasteiger partial charge in [0, 0.05) is 23.9 Å². The Kier molecular flexibility index (Phi) is 11.2. The second kappa shape index (κ2) is 13.9. The van der Waals surface area contributed by atoms with E-state index in [-0.39, 0.29) is 18.5 Å². The van der Waals surface area contributed by atoms with E-state index in [1.54, 1.807) is 11.8 Å². The second-order valence-electron chi connectivity index (χ2n) is 6.95. The van der Waals surface area contributed by atoms with E-state index in [0.29, 0.717) is 35.9 Å². The number of hydrogen-bond acceptors (Lipinski definition) is 9. The normalized spacial score (nSPS) is 12.5. The van der Waals surface area contributed by atoms with E-state index in [0.717, 1.165) is 5.56 Å². The van der Waals surface area contributed by atoms with Crippen LogP contribution < -0.4 is 21.1 Å². The summed E-state index contributed by atoms with van der Waals surface area (Å²) < 4.78 is 10.5. The fourth-order valence-electron chi connectivity index (χ4n) is 2.76. The Balaban J connectivity index is 2.13. The molecule has 0 saturated heterocycles. The summed E-state index contributed by atoms with van der Waals surface area (Å²) in [5, 5.41) is 5.86. The first-order chi connectivity index (χ1) is 15.5. The highest BCUT2D eigenvalue weighted by molar-refractivity contribution is 7.98. The zero-order valence-corrected chi connectivity index (χ0v) is 20.0. The van der Waals surface area contributed by atoms with Crippen LogP contribution in [0.5, 0.6) is 5.88 Å². The molecule has 2 rings (SSSR count). The first-order valence-electron chi connectivity index (χ1n) is 10.1. The Morgan fingerprint density at radius 3 is 2.62 bits per heavy atom. The third-order valence-electron chi connectivity index (χ3n) is 4.49. The molecule has 10 heteroatoms. The van der Waals surface area contributed by atoms with Gasteiger partial charge in [-0.2, -0.15) is 24.4 Å². The second-order valence-corrected chi connectivity index (χ2v) is 8.30. The molecule has 0 saturated carbocycles. The van der Waals surface area contributed by atoms with Crippen molar-refractivity contribution in [2.75, 3.05) is 43.3 Å². The van der Waals surface area contributed by atoms with Crippen molar-refractivity contribution in [2.24, 2.45) is 5.73 Å². The van der Waals surface area contributed by atoms with Crippen molar-refractivity contribution < 1.29 is 19.1 Å². The lowest BCUT2D eigenvalue weighted by Crippen LogP contribution is -2.44. The molecule has 32 heavy (non-hydrogen) atoms. The van der Waals surface area contributed by atoms with Gasteiger partial charge in [0.15, 0.2) is 6.61 Å². The number of hydrogen-bond donors (Lipinski definition) is 4. The quantitative estimate of drug-likeness (QED) is 0.256. The van der Waals surface area contributed by atoms with E-state index in [2.05, 4.69) is 28.2 Å². The number of carbonyl (C=O) groups excluding carboxylic acids is 2. The first-order valence-corrected chi connectivity index (χ1v) is 12.2. The van der Waals surface area contributed by atoms with Crippen LogP contribution in [0.2, 0.25) is 0 Å². The number of anilines is 1. The molecule has 0 bridgehead atoms. The smallest absolute Gasteiger partial charge is 0.328 e. The summed E-state index contributed by atoms with van der Waals surface area (Å²) in [7, 11) is 1.30. The van der Waals surface area contributed by atoms with Gasteiger partial charge in [0.05, 0.1) is 18.5 Å². The summed E-state index contributed by atoms with van der Waals surface area (Å²) in [5.74, 6) is 0.574. The van der Waals surface area contributed by atoms with E-state index >= 15 is 0 Å². The van der Waals surface area contributed by atoms with E-state index < -0.39 is 17.9 Å². The molecule has 1 aromatic heterocycles. The number of benzene rings is 1. The monoisotopic (exact) mass is 478 g/mol. The molecule has 0 fully saturated rings. The molecule has 1 amide bonds. The number of ether oxygens (including phenoxy) is 2. The Bertz CT molecular complexity index is 870. The third-order valence-corrected chi connectivity index (χ3v) is 5.60. The van der Waals surface area contributed by atoms with Gasteiger partial charge in [0.25, 0.3) is 5.91 Å². The minimum Gasteiger partial charge on any atom is -0.467 e. The van der Waals surface area contributed by atoms with Crippen LogP contribution in [0.1, 0.15) is 6.42 Å². The first kappa shape index (κ1) is 25.8. The number of amides is 1. The maximum Gasteiger partial charge on any atom is 0.328 e. The molecular weight excluding hydrogens is 448 g/mol. The largest absolute Gasteiger partial charge is 0.467 e. The van der Waals surface area contributed by atoms with Gasteiger partial charge in [-0.1, -0.05) is 30.3 Å². The highest BCUT2D eigenvalue weighted by Crippen LogP contribution is 2.27. The fraction of sp³-hybridized carbons (Fsp3) is 0.409. The van der Waals surface area contributed by atoms with Crippen LogP contribution in [0.4, 0.5) is 5.69 Å². The molecule has 0 spiro atoms. The van der Waals surface area contributed by atoms with Crippen molar-refractivity contribution in [3.63, 3.8) is 0 Å². The van der Waals surface area contributed by atoms with Crippen molar-refractivity contribution in [1.82, 2.24) is 10.3 Å². The molecule has 1 aromatic carbocycles. The fourth-order valence-corrected chi connectivity index (χ4v) is 3.36. The maximum absolute atomic E-state index is 12.5. The van der Waals surface area contributed by atoms with Crippen LogP contribution in [0.15, 0.2) is 42.5 Å². The third kappa shape index (κ3) is 8.25. The highest BCUT2D eigenvalue weighted by atomic mass is 32.2. The molecule has 2 aromatic rings. The number of nitrogens with zero attached hydrogens (tertiary/aromatic N) is 1. The highest BCUT2D eigenvalue weighted by Gasteiger charge is 2.21. The predicted octanol–water partition coefficient (Wildman–Crippen LogP) is 2.21. The standard InChI is InChI=1S/C22H30N4O4S2/c1-29-22(28)19(10-11-32-2)25-20(27)13-30-21-18(24-12-16(23)14-31)9-8-17(26-21)15-6-4-3-5-7-15/h3-9,16,19,24,31H,10-14,23H2,1-2H3,(H,25,27)/t16?,19-/m0/s1. The van der Waals surface area contributed by atoms with Gasteiger partial charge in [0.1, 0.15) is 6.04 Å². The van der Waals surface area contributed by atoms with Crippen molar-refractivity contribution in [1.29, 1.82) is 0 Å². The SMILES string of the molecule is COC(=O)[C@H](CCSC)NC(=O)COc1nc(-c2ccccc2)ccc1NCC(N)CS. The molecule has 1 unspecified atom stereocenters. The molecule has 2 atom stereocenters. The summed E-state index contributed by atoms with van der Waals surface area (Å²) in [5.41, 5.74) is 8.18. The van der Waals surface area contributed by atoms with Gasteiger partial charge >= 0.3 is 5.97 Å². The average Bonchev–Trinajstić information content (AvgIpc) is 2.83. The van der Waals surface area contributed by atoms with E-state index in [1.807, 2.05) is 48.7 Å². The lowest BCUT2D eigenvalue weighted by Gasteiger charge is -2.18. The molecular formula is C22H30N4O4S2. The van der Waals surface area contributed by atoms with Gasteiger partial charge in [-0.15, -0.1) is 0 Å². The van der Waals surface area contributed by atoms with Crippen LogP contribution in [0, 0.1) is 0 Å². The molecule has 0 aliphatic rings. The van der Waals surface area contributed by atoms with Gasteiger partial charge in [-0.05, 0) is 30.6 Å². The number of thioether (sulfide) groups is 1. The molecule has 0 aliphatic heterocycles. The summed E-state index contributed by atoms with van der Waals surface area (Å²) in [6.07, 6.45) is 2.40. The van der Waals surface area contributed by atoms with Crippen molar-refractivity contribution in [2.45, 2.75) is 18.5 Å². The number of esters is 1. The Labute approximate surface area is 198 Å². The maximum atomic E-state index is 12.5. The lowest BCUT2D eigenvalue weighted by atomic mass is 10.1. The molecule has 0 radical (unpaired) electrons. The van der Waals surface area contributed by atoms with Crippen LogP contribution in [0.25, 0.3) is 11.3 Å². The summed E-state index contributed by atoms with van der Waals surface area (Å²) in [6.45, 7) is 0.169. The number of methoxy groups -OCH3 is 1. The summed E-state index contributed by atoms with van der Waals surface area (Å²) >= 11 is 5.78.